The predicted molar refractivity (Wildman–Crippen MR) is 72.9 cm³/mol. The van der Waals surface area contributed by atoms with Gasteiger partial charge in [-0.1, -0.05) is 6.42 Å². The van der Waals surface area contributed by atoms with E-state index in [9.17, 15) is 14.4 Å². The summed E-state index contributed by atoms with van der Waals surface area (Å²) in [5, 5.41) is 5.21. The number of carbonyl (C=O) groups is 3. The molecule has 0 aliphatic carbocycles. The maximum Gasteiger partial charge on any atom is 0.329 e. The lowest BCUT2D eigenvalue weighted by atomic mass is 10.0. The molecule has 1 fully saturated rings. The van der Waals surface area contributed by atoms with Crippen molar-refractivity contribution >= 4 is 17.8 Å². The molecule has 0 radical (unpaired) electrons. The topological polar surface area (TPSA) is 87.7 Å². The minimum absolute atomic E-state index is 0.0591. The Morgan fingerprint density at radius 3 is 2.60 bits per heavy atom. The fraction of sp³-hybridized carbons (Fsp3) is 0.769. The molecular formula is C13H23N3O4. The SMILES string of the molecule is CNC(=O)C1CCCCN1CC(NC(C)=O)C(=O)OC. The average molecular weight is 285 g/mol. The number of nitrogens with one attached hydrogen (secondary N) is 2. The monoisotopic (exact) mass is 285 g/mol. The molecule has 0 saturated carbocycles. The molecule has 1 saturated heterocycles. The van der Waals surface area contributed by atoms with Gasteiger partial charge in [0.15, 0.2) is 0 Å². The third kappa shape index (κ3) is 4.48. The molecule has 20 heavy (non-hydrogen) atoms. The summed E-state index contributed by atoms with van der Waals surface area (Å²) in [4.78, 5) is 36.7. The first-order valence-corrected chi connectivity index (χ1v) is 6.80. The molecule has 1 rings (SSSR count). The number of rotatable bonds is 5. The molecular weight excluding hydrogens is 262 g/mol. The highest BCUT2D eigenvalue weighted by atomic mass is 16.5. The van der Waals surface area contributed by atoms with Gasteiger partial charge in [0.25, 0.3) is 0 Å². The number of hydrogen-bond acceptors (Lipinski definition) is 5. The van der Waals surface area contributed by atoms with Crippen molar-refractivity contribution in [2.24, 2.45) is 0 Å². The first-order chi connectivity index (χ1) is 9.49. The van der Waals surface area contributed by atoms with E-state index in [2.05, 4.69) is 10.6 Å². The van der Waals surface area contributed by atoms with E-state index < -0.39 is 12.0 Å². The molecule has 0 aromatic heterocycles. The molecule has 0 aromatic carbocycles. The van der Waals surface area contributed by atoms with E-state index in [1.165, 1.54) is 14.0 Å². The Labute approximate surface area is 119 Å². The molecule has 2 unspecified atom stereocenters. The molecule has 1 heterocycles. The van der Waals surface area contributed by atoms with Crippen molar-refractivity contribution in [3.05, 3.63) is 0 Å². The van der Waals surface area contributed by atoms with Gasteiger partial charge in [-0.15, -0.1) is 0 Å². The number of carbonyl (C=O) groups excluding carboxylic acids is 3. The second-order valence-electron chi connectivity index (χ2n) is 4.90. The Bertz CT molecular complexity index is 373. The van der Waals surface area contributed by atoms with Crippen molar-refractivity contribution in [3.63, 3.8) is 0 Å². The largest absolute Gasteiger partial charge is 0.467 e. The number of ether oxygens (including phenoxy) is 1. The van der Waals surface area contributed by atoms with Crippen LogP contribution in [0, 0.1) is 0 Å². The summed E-state index contributed by atoms with van der Waals surface area (Å²) in [6.45, 7) is 2.36. The van der Waals surface area contributed by atoms with E-state index in [-0.39, 0.29) is 24.4 Å². The maximum absolute atomic E-state index is 11.9. The number of methoxy groups -OCH3 is 1. The first-order valence-electron chi connectivity index (χ1n) is 6.80. The van der Waals surface area contributed by atoms with Crippen LogP contribution < -0.4 is 10.6 Å². The minimum atomic E-state index is -0.747. The standard InChI is InChI=1S/C13H23N3O4/c1-9(17)15-10(13(19)20-3)8-16-7-5-4-6-11(16)12(18)14-2/h10-11H,4-8H2,1-3H3,(H,14,18)(H,15,17). The highest BCUT2D eigenvalue weighted by molar-refractivity contribution is 5.84. The lowest BCUT2D eigenvalue weighted by Gasteiger charge is -2.36. The minimum Gasteiger partial charge on any atom is -0.467 e. The smallest absolute Gasteiger partial charge is 0.329 e. The van der Waals surface area contributed by atoms with E-state index in [0.29, 0.717) is 0 Å². The van der Waals surface area contributed by atoms with Crippen LogP contribution in [0.1, 0.15) is 26.2 Å². The lowest BCUT2D eigenvalue weighted by Crippen LogP contribution is -2.55. The Hall–Kier alpha value is -1.63. The van der Waals surface area contributed by atoms with Gasteiger partial charge in [0.05, 0.1) is 13.2 Å². The summed E-state index contributed by atoms with van der Waals surface area (Å²) in [6, 6.07) is -1.00. The summed E-state index contributed by atoms with van der Waals surface area (Å²) >= 11 is 0. The molecule has 0 spiro atoms. The van der Waals surface area contributed by atoms with Crippen LogP contribution >= 0.6 is 0 Å². The van der Waals surface area contributed by atoms with Crippen molar-refractivity contribution in [3.8, 4) is 0 Å². The molecule has 1 aliphatic heterocycles. The van der Waals surface area contributed by atoms with Gasteiger partial charge in [-0.05, 0) is 19.4 Å². The number of amides is 2. The molecule has 2 amide bonds. The number of nitrogens with zero attached hydrogens (tertiary/aromatic N) is 1. The van der Waals surface area contributed by atoms with Crippen LogP contribution in [0.2, 0.25) is 0 Å². The number of likely N-dealkylation sites (tertiary alicyclic amines) is 1. The Balaban J connectivity index is 2.75. The van der Waals surface area contributed by atoms with Gasteiger partial charge in [-0.3, -0.25) is 14.5 Å². The number of likely N-dealkylation sites (N-methyl/N-ethyl adjacent to an activating group) is 1. The van der Waals surface area contributed by atoms with Crippen LogP contribution in [0.25, 0.3) is 0 Å². The lowest BCUT2D eigenvalue weighted by molar-refractivity contribution is -0.146. The van der Waals surface area contributed by atoms with Gasteiger partial charge < -0.3 is 15.4 Å². The van der Waals surface area contributed by atoms with E-state index in [4.69, 9.17) is 4.74 Å². The zero-order valence-electron chi connectivity index (χ0n) is 12.3. The summed E-state index contributed by atoms with van der Waals surface area (Å²) in [5.41, 5.74) is 0. The Morgan fingerprint density at radius 1 is 1.35 bits per heavy atom. The van der Waals surface area contributed by atoms with Crippen molar-refractivity contribution in [2.45, 2.75) is 38.3 Å². The van der Waals surface area contributed by atoms with Crippen molar-refractivity contribution in [2.75, 3.05) is 27.2 Å². The van der Waals surface area contributed by atoms with E-state index in [0.717, 1.165) is 25.8 Å². The van der Waals surface area contributed by atoms with E-state index in [1.807, 2.05) is 4.90 Å². The average Bonchev–Trinajstić information content (AvgIpc) is 2.45. The van der Waals surface area contributed by atoms with Crippen LogP contribution in [0.15, 0.2) is 0 Å². The molecule has 7 nitrogen and oxygen atoms in total. The molecule has 2 N–H and O–H groups in total. The zero-order valence-corrected chi connectivity index (χ0v) is 12.3. The van der Waals surface area contributed by atoms with Crippen LogP contribution in [-0.4, -0.2) is 62.0 Å². The first kappa shape index (κ1) is 16.4. The third-order valence-electron chi connectivity index (χ3n) is 3.44. The fourth-order valence-corrected chi connectivity index (χ4v) is 2.47. The van der Waals surface area contributed by atoms with Crippen molar-refractivity contribution < 1.29 is 19.1 Å². The second kappa shape index (κ2) is 7.84. The van der Waals surface area contributed by atoms with E-state index in [1.54, 1.807) is 7.05 Å². The van der Waals surface area contributed by atoms with Crippen molar-refractivity contribution in [1.82, 2.24) is 15.5 Å². The molecule has 2 atom stereocenters. The summed E-state index contributed by atoms with van der Waals surface area (Å²) in [6.07, 6.45) is 2.71. The van der Waals surface area contributed by atoms with E-state index >= 15 is 0 Å². The Kier molecular flexibility index (Phi) is 6.44. The molecule has 7 heteroatoms. The van der Waals surface area contributed by atoms with Gasteiger partial charge >= 0.3 is 5.97 Å². The van der Waals surface area contributed by atoms with Crippen LogP contribution in [0.3, 0.4) is 0 Å². The molecule has 0 bridgehead atoms. The highest BCUT2D eigenvalue weighted by Gasteiger charge is 2.32. The number of esters is 1. The molecule has 114 valence electrons. The summed E-state index contributed by atoms with van der Waals surface area (Å²) in [7, 11) is 2.88. The highest BCUT2D eigenvalue weighted by Crippen LogP contribution is 2.17. The summed E-state index contributed by atoms with van der Waals surface area (Å²) < 4.78 is 4.70. The predicted octanol–water partition coefficient (Wildman–Crippen LogP) is -0.735. The van der Waals surface area contributed by atoms with Crippen LogP contribution in [0.5, 0.6) is 0 Å². The van der Waals surface area contributed by atoms with Crippen LogP contribution in [-0.2, 0) is 19.1 Å². The number of hydrogen-bond donors (Lipinski definition) is 2. The quantitative estimate of drug-likeness (QED) is 0.650. The maximum atomic E-state index is 11.9. The molecule has 0 aromatic rings. The molecule has 1 aliphatic rings. The normalized spacial score (nSPS) is 20.9. The fourth-order valence-electron chi connectivity index (χ4n) is 2.47. The second-order valence-corrected chi connectivity index (χ2v) is 4.90. The van der Waals surface area contributed by atoms with Crippen molar-refractivity contribution in [1.29, 1.82) is 0 Å². The van der Waals surface area contributed by atoms with Gasteiger partial charge in [-0.2, -0.15) is 0 Å². The number of piperidine rings is 1. The van der Waals surface area contributed by atoms with Gasteiger partial charge in [0.1, 0.15) is 6.04 Å². The van der Waals surface area contributed by atoms with Gasteiger partial charge in [-0.25, -0.2) is 4.79 Å². The summed E-state index contributed by atoms with van der Waals surface area (Å²) in [5.74, 6) is -0.855. The van der Waals surface area contributed by atoms with Gasteiger partial charge in [0.2, 0.25) is 11.8 Å². The zero-order chi connectivity index (χ0) is 15.1. The third-order valence-corrected chi connectivity index (χ3v) is 3.44. The van der Waals surface area contributed by atoms with Crippen LogP contribution in [0.4, 0.5) is 0 Å². The Morgan fingerprint density at radius 2 is 2.05 bits per heavy atom. The van der Waals surface area contributed by atoms with Gasteiger partial charge in [0, 0.05) is 20.5 Å².